The van der Waals surface area contributed by atoms with Gasteiger partial charge in [0.2, 0.25) is 0 Å². The summed E-state index contributed by atoms with van der Waals surface area (Å²) in [4.78, 5) is 16.1. The second kappa shape index (κ2) is 6.30. The molecule has 4 nitrogen and oxygen atoms in total. The van der Waals surface area contributed by atoms with Gasteiger partial charge in [0.15, 0.2) is 0 Å². The summed E-state index contributed by atoms with van der Waals surface area (Å²) in [5, 5.41) is 0. The molecule has 2 rings (SSSR count). The van der Waals surface area contributed by atoms with E-state index in [9.17, 15) is 13.6 Å². The third-order valence-corrected chi connectivity index (χ3v) is 2.82. The molecule has 21 heavy (non-hydrogen) atoms. The van der Waals surface area contributed by atoms with Gasteiger partial charge >= 0.3 is 5.97 Å². The summed E-state index contributed by atoms with van der Waals surface area (Å²) < 4.78 is 33.5. The lowest BCUT2D eigenvalue weighted by atomic mass is 10.1. The topological polar surface area (TPSA) is 44.1 Å². The van der Waals surface area contributed by atoms with Crippen molar-refractivity contribution < 1.29 is 18.3 Å². The second-order valence-corrected chi connectivity index (χ2v) is 4.31. The first-order valence-electron chi connectivity index (χ1n) is 6.34. The van der Waals surface area contributed by atoms with Crippen molar-refractivity contribution in [2.75, 3.05) is 6.61 Å². The van der Waals surface area contributed by atoms with Crippen molar-refractivity contribution in [3.8, 4) is 0 Å². The normalized spacial score (nSPS) is 11.5. The Labute approximate surface area is 120 Å². The lowest BCUT2D eigenvalue weighted by Crippen LogP contribution is -2.10. The summed E-state index contributed by atoms with van der Waals surface area (Å²) >= 11 is 0. The van der Waals surface area contributed by atoms with Crippen LogP contribution in [0.5, 0.6) is 0 Å². The van der Waals surface area contributed by atoms with Crippen LogP contribution < -0.4 is 0 Å². The van der Waals surface area contributed by atoms with Gasteiger partial charge in [-0.3, -0.25) is 0 Å². The number of ether oxygens (including phenoxy) is 1. The van der Waals surface area contributed by atoms with Gasteiger partial charge in [0, 0.05) is 25.0 Å². The highest BCUT2D eigenvalue weighted by Gasteiger charge is 2.18. The number of aromatic nitrogens is 2. The first-order valence-corrected chi connectivity index (χ1v) is 6.34. The van der Waals surface area contributed by atoms with Crippen LogP contribution in [0.15, 0.2) is 30.6 Å². The minimum absolute atomic E-state index is 0.0407. The van der Waals surface area contributed by atoms with Gasteiger partial charge in [0.25, 0.3) is 0 Å². The standard InChI is InChI=1S/C15H14F2N2O2/c1-3-21-15(20)12(14-18-6-7-19(14)2)9-10-8-11(16)4-5-13(10)17/h4-9H,3H2,1-2H3. The minimum Gasteiger partial charge on any atom is -0.462 e. The van der Waals surface area contributed by atoms with E-state index in [1.54, 1.807) is 24.7 Å². The van der Waals surface area contributed by atoms with Crippen molar-refractivity contribution in [2.24, 2.45) is 7.05 Å². The molecule has 6 heteroatoms. The van der Waals surface area contributed by atoms with Crippen molar-refractivity contribution >= 4 is 17.6 Å². The van der Waals surface area contributed by atoms with E-state index in [0.29, 0.717) is 5.82 Å². The molecule has 0 saturated heterocycles. The molecule has 1 heterocycles. The van der Waals surface area contributed by atoms with Crippen LogP contribution in [0.1, 0.15) is 18.3 Å². The van der Waals surface area contributed by atoms with Gasteiger partial charge in [-0.2, -0.15) is 0 Å². The van der Waals surface area contributed by atoms with Gasteiger partial charge in [0.05, 0.1) is 6.61 Å². The van der Waals surface area contributed by atoms with Gasteiger partial charge in [0.1, 0.15) is 23.0 Å². The molecular formula is C15H14F2N2O2. The van der Waals surface area contributed by atoms with Crippen molar-refractivity contribution in [1.29, 1.82) is 0 Å². The van der Waals surface area contributed by atoms with E-state index < -0.39 is 17.6 Å². The fourth-order valence-corrected chi connectivity index (χ4v) is 1.83. The molecular weight excluding hydrogens is 278 g/mol. The molecule has 1 aromatic carbocycles. The summed E-state index contributed by atoms with van der Waals surface area (Å²) in [5.41, 5.74) is 0.0231. The summed E-state index contributed by atoms with van der Waals surface area (Å²) in [6.45, 7) is 1.84. The van der Waals surface area contributed by atoms with Gasteiger partial charge in [-0.05, 0) is 31.2 Å². The predicted octanol–water partition coefficient (Wildman–Crippen LogP) is 2.80. The molecule has 0 fully saturated rings. The zero-order valence-electron chi connectivity index (χ0n) is 11.6. The van der Waals surface area contributed by atoms with Gasteiger partial charge in [-0.1, -0.05) is 0 Å². The number of carbonyl (C=O) groups excluding carboxylic acids is 1. The summed E-state index contributed by atoms with van der Waals surface area (Å²) in [5.74, 6) is -1.55. The number of halogens is 2. The van der Waals surface area contributed by atoms with Crippen LogP contribution in [0, 0.1) is 11.6 Å². The van der Waals surface area contributed by atoms with E-state index in [1.165, 1.54) is 12.3 Å². The van der Waals surface area contributed by atoms with Crippen LogP contribution in [0.25, 0.3) is 11.6 Å². The number of hydrogen-bond acceptors (Lipinski definition) is 3. The zero-order chi connectivity index (χ0) is 15.4. The SMILES string of the molecule is CCOC(=O)C(=Cc1cc(F)ccc1F)c1nccn1C. The molecule has 0 saturated carbocycles. The van der Waals surface area contributed by atoms with Crippen LogP contribution in [0.4, 0.5) is 8.78 Å². The van der Waals surface area contributed by atoms with E-state index in [4.69, 9.17) is 4.74 Å². The number of carbonyl (C=O) groups is 1. The van der Waals surface area contributed by atoms with Crippen molar-refractivity contribution in [3.05, 3.63) is 53.6 Å². The van der Waals surface area contributed by atoms with Crippen molar-refractivity contribution in [3.63, 3.8) is 0 Å². The van der Waals surface area contributed by atoms with Crippen LogP contribution in [0.3, 0.4) is 0 Å². The number of esters is 1. The van der Waals surface area contributed by atoms with Gasteiger partial charge in [-0.25, -0.2) is 18.6 Å². The van der Waals surface area contributed by atoms with Gasteiger partial charge < -0.3 is 9.30 Å². The van der Waals surface area contributed by atoms with E-state index in [2.05, 4.69) is 4.98 Å². The first-order chi connectivity index (χ1) is 10.0. The Morgan fingerprint density at radius 3 is 2.81 bits per heavy atom. The molecule has 1 aromatic heterocycles. The van der Waals surface area contributed by atoms with Crippen LogP contribution >= 0.6 is 0 Å². The summed E-state index contributed by atoms with van der Waals surface area (Å²) in [7, 11) is 1.69. The molecule has 2 aromatic rings. The smallest absolute Gasteiger partial charge is 0.341 e. The monoisotopic (exact) mass is 292 g/mol. The Morgan fingerprint density at radius 2 is 2.19 bits per heavy atom. The molecule has 0 spiro atoms. The molecule has 0 aliphatic rings. The highest BCUT2D eigenvalue weighted by molar-refractivity contribution is 6.20. The Balaban J connectivity index is 2.54. The Kier molecular flexibility index (Phi) is 4.47. The number of rotatable bonds is 4. The maximum absolute atomic E-state index is 13.7. The lowest BCUT2D eigenvalue weighted by molar-refractivity contribution is -0.136. The van der Waals surface area contributed by atoms with Gasteiger partial charge in [-0.15, -0.1) is 0 Å². The third-order valence-electron chi connectivity index (χ3n) is 2.82. The van der Waals surface area contributed by atoms with E-state index in [1.807, 2.05) is 0 Å². The quantitative estimate of drug-likeness (QED) is 0.643. The number of benzene rings is 1. The Hall–Kier alpha value is -2.50. The number of nitrogens with zero attached hydrogens (tertiary/aromatic N) is 2. The molecule has 110 valence electrons. The van der Waals surface area contributed by atoms with Crippen LogP contribution in [0.2, 0.25) is 0 Å². The van der Waals surface area contributed by atoms with Crippen LogP contribution in [-0.4, -0.2) is 22.1 Å². The predicted molar refractivity (Wildman–Crippen MR) is 74.1 cm³/mol. The molecule has 0 unspecified atom stereocenters. The second-order valence-electron chi connectivity index (χ2n) is 4.31. The molecule has 0 bridgehead atoms. The average molecular weight is 292 g/mol. The molecule has 0 atom stereocenters. The molecule has 0 aliphatic heterocycles. The number of aryl methyl sites for hydroxylation is 1. The average Bonchev–Trinajstić information content (AvgIpc) is 2.86. The Morgan fingerprint density at radius 1 is 1.43 bits per heavy atom. The highest BCUT2D eigenvalue weighted by Crippen LogP contribution is 2.20. The third kappa shape index (κ3) is 3.34. The van der Waals surface area contributed by atoms with E-state index in [-0.39, 0.29) is 17.7 Å². The summed E-state index contributed by atoms with van der Waals surface area (Å²) in [6.07, 6.45) is 4.38. The largest absolute Gasteiger partial charge is 0.462 e. The number of hydrogen-bond donors (Lipinski definition) is 0. The maximum atomic E-state index is 13.7. The maximum Gasteiger partial charge on any atom is 0.341 e. The van der Waals surface area contributed by atoms with Crippen LogP contribution in [-0.2, 0) is 16.6 Å². The van der Waals surface area contributed by atoms with E-state index in [0.717, 1.165) is 18.2 Å². The molecule has 0 amide bonds. The zero-order valence-corrected chi connectivity index (χ0v) is 11.6. The summed E-state index contributed by atoms with van der Waals surface area (Å²) in [6, 6.07) is 3.03. The lowest BCUT2D eigenvalue weighted by Gasteiger charge is -2.08. The van der Waals surface area contributed by atoms with E-state index >= 15 is 0 Å². The highest BCUT2D eigenvalue weighted by atomic mass is 19.1. The molecule has 0 N–H and O–H groups in total. The molecule has 0 aliphatic carbocycles. The molecule has 0 radical (unpaired) electrons. The Bertz CT molecular complexity index is 693. The van der Waals surface area contributed by atoms with Crippen molar-refractivity contribution in [2.45, 2.75) is 6.92 Å². The van der Waals surface area contributed by atoms with Crippen molar-refractivity contribution in [1.82, 2.24) is 9.55 Å². The number of imidazole rings is 1. The fraction of sp³-hybridized carbons (Fsp3) is 0.200. The fourth-order valence-electron chi connectivity index (χ4n) is 1.83. The minimum atomic E-state index is -0.643. The first kappa shape index (κ1) is 14.9.